The van der Waals surface area contributed by atoms with Crippen LogP contribution in [-0.2, 0) is 0 Å². The van der Waals surface area contributed by atoms with Gasteiger partial charge in [-0.25, -0.2) is 0 Å². The molecule has 0 amide bonds. The van der Waals surface area contributed by atoms with E-state index in [0.29, 0.717) is 0 Å². The molecule has 0 saturated carbocycles. The number of allylic oxidation sites excluding steroid dienone is 1. The number of H-pyrrole nitrogens is 1. The van der Waals surface area contributed by atoms with Gasteiger partial charge in [0.25, 0.3) is 0 Å². The van der Waals surface area contributed by atoms with Crippen molar-refractivity contribution in [3.8, 4) is 0 Å². The fourth-order valence-corrected chi connectivity index (χ4v) is 4.11. The van der Waals surface area contributed by atoms with Gasteiger partial charge in [-0.3, -0.25) is 0 Å². The maximum Gasteiger partial charge on any atom is 0.0544 e. The number of hydrogen-bond donors (Lipinski definition) is 1. The molecule has 0 bridgehead atoms. The van der Waals surface area contributed by atoms with Gasteiger partial charge in [-0.2, -0.15) is 0 Å². The summed E-state index contributed by atoms with van der Waals surface area (Å²) in [6.07, 6.45) is 6.19. The largest absolute Gasteiger partial charge is 0.353 e. The Morgan fingerprint density at radius 3 is 1.73 bits per heavy atom. The van der Waals surface area contributed by atoms with Crippen molar-refractivity contribution < 1.29 is 0 Å². The highest BCUT2D eigenvalue weighted by Crippen LogP contribution is 2.36. The molecule has 0 aliphatic carbocycles. The molecule has 0 aliphatic rings. The summed E-state index contributed by atoms with van der Waals surface area (Å²) in [5.41, 5.74) is 4.83. The van der Waals surface area contributed by atoms with E-state index >= 15 is 0 Å². The third-order valence-electron chi connectivity index (χ3n) is 5.30. The summed E-state index contributed by atoms with van der Waals surface area (Å²) in [6, 6.07) is 21.8. The first-order valence-corrected chi connectivity index (χ1v) is 8.96. The highest BCUT2D eigenvalue weighted by Gasteiger charge is 2.11. The van der Waals surface area contributed by atoms with Crippen LogP contribution in [0, 0.1) is 0 Å². The van der Waals surface area contributed by atoms with Crippen LogP contribution in [-0.4, -0.2) is 4.98 Å². The molecule has 0 radical (unpaired) electrons. The second-order valence-electron chi connectivity index (χ2n) is 6.69. The summed E-state index contributed by atoms with van der Waals surface area (Å²) >= 11 is 0. The minimum Gasteiger partial charge on any atom is -0.353 e. The van der Waals surface area contributed by atoms with Crippen molar-refractivity contribution in [2.24, 2.45) is 0 Å². The van der Waals surface area contributed by atoms with Gasteiger partial charge < -0.3 is 4.98 Å². The van der Waals surface area contributed by atoms with E-state index in [1.165, 1.54) is 54.5 Å². The number of benzene rings is 4. The zero-order chi connectivity index (χ0) is 17.7. The average Bonchev–Trinajstić information content (AvgIpc) is 3.07. The van der Waals surface area contributed by atoms with Crippen molar-refractivity contribution in [3.05, 3.63) is 84.4 Å². The quantitative estimate of drug-likeness (QED) is 0.349. The number of rotatable bonds is 2. The molecule has 0 fully saturated rings. The van der Waals surface area contributed by atoms with Crippen LogP contribution in [0.15, 0.2) is 73.3 Å². The molecular weight excluding hydrogens is 314 g/mol. The van der Waals surface area contributed by atoms with E-state index in [0.717, 1.165) is 0 Å². The molecule has 0 unspecified atom stereocenters. The Kier molecular flexibility index (Phi) is 3.23. The Morgan fingerprint density at radius 2 is 1.15 bits per heavy atom. The van der Waals surface area contributed by atoms with Gasteiger partial charge in [0.15, 0.2) is 0 Å². The summed E-state index contributed by atoms with van der Waals surface area (Å²) < 4.78 is 0. The zero-order valence-corrected chi connectivity index (χ0v) is 14.7. The SMILES string of the molecule is C=Cc1cccc2c1ccc1c3ccc4c(/C=C/C)cccc4c3[nH]c21. The molecule has 26 heavy (non-hydrogen) atoms. The van der Waals surface area contributed by atoms with Crippen LogP contribution in [0.25, 0.3) is 55.5 Å². The third kappa shape index (κ3) is 1.98. The minimum atomic E-state index is 1.17. The normalized spacial score (nSPS) is 12.0. The van der Waals surface area contributed by atoms with E-state index in [4.69, 9.17) is 0 Å². The number of aromatic nitrogens is 1. The van der Waals surface area contributed by atoms with Crippen molar-refractivity contribution in [1.29, 1.82) is 0 Å². The molecule has 4 aromatic carbocycles. The molecule has 0 atom stereocenters. The van der Waals surface area contributed by atoms with E-state index in [-0.39, 0.29) is 0 Å². The Morgan fingerprint density at radius 1 is 0.654 bits per heavy atom. The van der Waals surface area contributed by atoms with Crippen molar-refractivity contribution in [1.82, 2.24) is 4.98 Å². The Labute approximate surface area is 152 Å². The van der Waals surface area contributed by atoms with Crippen LogP contribution in [0.3, 0.4) is 0 Å². The van der Waals surface area contributed by atoms with Gasteiger partial charge in [0, 0.05) is 21.5 Å². The Hall–Kier alpha value is -3.32. The first-order chi connectivity index (χ1) is 12.8. The monoisotopic (exact) mass is 333 g/mol. The lowest BCUT2D eigenvalue weighted by atomic mass is 9.99. The number of fused-ring (bicyclic) bond motifs is 7. The van der Waals surface area contributed by atoms with Crippen molar-refractivity contribution in [2.45, 2.75) is 6.92 Å². The molecule has 1 N–H and O–H groups in total. The topological polar surface area (TPSA) is 15.8 Å². The van der Waals surface area contributed by atoms with Gasteiger partial charge in [-0.15, -0.1) is 0 Å². The molecule has 5 rings (SSSR count). The van der Waals surface area contributed by atoms with Gasteiger partial charge in [-0.05, 0) is 28.8 Å². The number of aromatic amines is 1. The molecule has 0 spiro atoms. The number of hydrogen-bond acceptors (Lipinski definition) is 0. The van der Waals surface area contributed by atoms with Crippen LogP contribution in [0.2, 0.25) is 0 Å². The standard InChI is InChI=1S/C25H19N/c1-3-7-17-9-6-11-21-19(17)13-15-23-22-14-12-18-16(4-2)8-5-10-20(18)24(22)26-25(21)23/h3-15,26H,2H2,1H3/b7-3+. The second kappa shape index (κ2) is 5.60. The minimum absolute atomic E-state index is 1.17. The van der Waals surface area contributed by atoms with Crippen LogP contribution in [0.4, 0.5) is 0 Å². The van der Waals surface area contributed by atoms with E-state index in [2.05, 4.69) is 91.3 Å². The molecule has 0 aliphatic heterocycles. The molecule has 1 heteroatoms. The molecule has 5 aromatic rings. The fourth-order valence-electron chi connectivity index (χ4n) is 4.11. The van der Waals surface area contributed by atoms with Crippen LogP contribution < -0.4 is 0 Å². The second-order valence-corrected chi connectivity index (χ2v) is 6.69. The van der Waals surface area contributed by atoms with Gasteiger partial charge in [0.05, 0.1) is 11.0 Å². The molecule has 124 valence electrons. The van der Waals surface area contributed by atoms with E-state index in [1.807, 2.05) is 6.08 Å². The summed E-state index contributed by atoms with van der Waals surface area (Å²) in [4.78, 5) is 3.73. The zero-order valence-electron chi connectivity index (χ0n) is 14.7. The summed E-state index contributed by atoms with van der Waals surface area (Å²) in [5.74, 6) is 0. The third-order valence-corrected chi connectivity index (χ3v) is 5.30. The summed E-state index contributed by atoms with van der Waals surface area (Å²) in [7, 11) is 0. The van der Waals surface area contributed by atoms with Gasteiger partial charge in [-0.1, -0.05) is 85.5 Å². The van der Waals surface area contributed by atoms with E-state index in [1.54, 1.807) is 0 Å². The Balaban J connectivity index is 1.97. The number of nitrogens with one attached hydrogen (secondary N) is 1. The van der Waals surface area contributed by atoms with Crippen LogP contribution >= 0.6 is 0 Å². The van der Waals surface area contributed by atoms with E-state index < -0.39 is 0 Å². The van der Waals surface area contributed by atoms with Gasteiger partial charge in [0.2, 0.25) is 0 Å². The van der Waals surface area contributed by atoms with Gasteiger partial charge >= 0.3 is 0 Å². The molecular formula is C25H19N. The van der Waals surface area contributed by atoms with Crippen molar-refractivity contribution in [3.63, 3.8) is 0 Å². The lowest BCUT2D eigenvalue weighted by Gasteiger charge is -2.04. The lowest BCUT2D eigenvalue weighted by Crippen LogP contribution is -1.80. The summed E-state index contributed by atoms with van der Waals surface area (Å²) in [5, 5.41) is 7.57. The molecule has 1 heterocycles. The highest BCUT2D eigenvalue weighted by molar-refractivity contribution is 6.23. The first-order valence-electron chi connectivity index (χ1n) is 8.96. The van der Waals surface area contributed by atoms with Crippen molar-refractivity contribution >= 4 is 55.5 Å². The molecule has 1 nitrogen and oxygen atoms in total. The molecule has 1 aromatic heterocycles. The van der Waals surface area contributed by atoms with Crippen LogP contribution in [0.1, 0.15) is 18.1 Å². The summed E-state index contributed by atoms with van der Waals surface area (Å²) in [6.45, 7) is 6.01. The van der Waals surface area contributed by atoms with E-state index in [9.17, 15) is 0 Å². The fraction of sp³-hybridized carbons (Fsp3) is 0.0400. The van der Waals surface area contributed by atoms with Crippen molar-refractivity contribution in [2.75, 3.05) is 0 Å². The Bertz CT molecular complexity index is 1350. The smallest absolute Gasteiger partial charge is 0.0544 e. The maximum atomic E-state index is 3.96. The predicted octanol–water partition coefficient (Wildman–Crippen LogP) is 7.30. The van der Waals surface area contributed by atoms with Gasteiger partial charge in [0.1, 0.15) is 0 Å². The molecule has 0 saturated heterocycles. The first kappa shape index (κ1) is 15.0. The lowest BCUT2D eigenvalue weighted by molar-refractivity contribution is 1.58. The average molecular weight is 333 g/mol. The highest BCUT2D eigenvalue weighted by atomic mass is 14.7. The van der Waals surface area contributed by atoms with Crippen LogP contribution in [0.5, 0.6) is 0 Å². The maximum absolute atomic E-state index is 3.96. The predicted molar refractivity (Wildman–Crippen MR) is 116 cm³/mol.